The van der Waals surface area contributed by atoms with Gasteiger partial charge in [0.1, 0.15) is 17.8 Å². The summed E-state index contributed by atoms with van der Waals surface area (Å²) in [6, 6.07) is 8.43. The summed E-state index contributed by atoms with van der Waals surface area (Å²) in [6.07, 6.45) is 5.08. The summed E-state index contributed by atoms with van der Waals surface area (Å²) in [5.41, 5.74) is 7.76. The van der Waals surface area contributed by atoms with Crippen molar-refractivity contribution in [2.75, 3.05) is 20.2 Å². The Kier molecular flexibility index (Phi) is 5.79. The first-order valence-electron chi connectivity index (χ1n) is 11.0. The van der Waals surface area contributed by atoms with Crippen molar-refractivity contribution in [3.63, 3.8) is 0 Å². The zero-order valence-electron chi connectivity index (χ0n) is 18.3. The van der Waals surface area contributed by atoms with Crippen LogP contribution in [-0.2, 0) is 17.9 Å². The molecular formula is C23H26FN7O2. The van der Waals surface area contributed by atoms with Crippen LogP contribution in [0.4, 0.5) is 4.48 Å². The molecule has 2 unspecified atom stereocenters. The summed E-state index contributed by atoms with van der Waals surface area (Å²) >= 11 is 0. The third kappa shape index (κ3) is 3.86. The summed E-state index contributed by atoms with van der Waals surface area (Å²) in [7, 11) is 1.91. The van der Waals surface area contributed by atoms with Crippen LogP contribution in [0.3, 0.4) is 0 Å². The minimum absolute atomic E-state index is 0.00973. The van der Waals surface area contributed by atoms with Crippen LogP contribution in [0, 0.1) is 0 Å². The lowest BCUT2D eigenvalue weighted by Gasteiger charge is -2.40. The standard InChI is InChI=1S/C23H26FN7O2/c1-25-10-14-2-4-15(5-3-14)17-8-16-11-28-31(24)19-9-20(33)26-12-18(21(16)19)22(17)23-27-13-29-30(23)6-7-32/h2-5,9,12-13,17,22,25,28,32H,6-8,10-11H2,1H3,(H,26,33). The van der Waals surface area contributed by atoms with Crippen molar-refractivity contribution in [3.05, 3.63) is 82.2 Å². The van der Waals surface area contributed by atoms with E-state index >= 15 is 0 Å². The van der Waals surface area contributed by atoms with Gasteiger partial charge in [-0.15, -0.1) is 5.23 Å². The van der Waals surface area contributed by atoms with Gasteiger partial charge in [0, 0.05) is 36.9 Å². The molecule has 3 aliphatic rings. The average molecular weight is 452 g/mol. The molecule has 9 nitrogen and oxygen atoms in total. The zero-order chi connectivity index (χ0) is 22.9. The molecule has 33 heavy (non-hydrogen) atoms. The number of nitrogens with zero attached hydrogens (tertiary/aromatic N) is 4. The maximum Gasteiger partial charge on any atom is 0.250 e. The molecule has 10 heteroatoms. The van der Waals surface area contributed by atoms with Crippen LogP contribution in [0.15, 0.2) is 65.3 Å². The number of aromatic nitrogens is 3. The van der Waals surface area contributed by atoms with Crippen molar-refractivity contribution in [2.45, 2.75) is 31.3 Å². The molecule has 2 aliphatic heterocycles. The van der Waals surface area contributed by atoms with E-state index < -0.39 is 5.91 Å². The summed E-state index contributed by atoms with van der Waals surface area (Å²) in [5, 5.41) is 20.2. The topological polar surface area (TPSA) is 107 Å². The van der Waals surface area contributed by atoms with Crippen molar-refractivity contribution < 1.29 is 14.4 Å². The molecule has 0 fully saturated rings. The van der Waals surface area contributed by atoms with Gasteiger partial charge in [0.15, 0.2) is 0 Å². The monoisotopic (exact) mass is 451 g/mol. The molecule has 0 saturated carbocycles. The van der Waals surface area contributed by atoms with Gasteiger partial charge in [-0.05, 0) is 35.7 Å². The Morgan fingerprint density at radius 2 is 2.12 bits per heavy atom. The molecule has 0 bridgehead atoms. The molecule has 0 radical (unpaired) electrons. The van der Waals surface area contributed by atoms with Gasteiger partial charge in [0.2, 0.25) is 5.91 Å². The van der Waals surface area contributed by atoms with E-state index in [-0.39, 0.29) is 24.1 Å². The van der Waals surface area contributed by atoms with Crippen molar-refractivity contribution in [1.82, 2.24) is 36.1 Å². The Morgan fingerprint density at radius 3 is 2.88 bits per heavy atom. The number of hydrogen-bond donors (Lipinski definition) is 4. The van der Waals surface area contributed by atoms with Gasteiger partial charge in [-0.25, -0.2) is 15.1 Å². The van der Waals surface area contributed by atoms with Gasteiger partial charge in [0.25, 0.3) is 0 Å². The van der Waals surface area contributed by atoms with Gasteiger partial charge >= 0.3 is 0 Å². The van der Waals surface area contributed by atoms with E-state index in [1.807, 2.05) is 7.05 Å². The third-order valence-electron chi connectivity index (χ3n) is 6.41. The Hall–Kier alpha value is -3.34. The number of aliphatic hydroxyl groups is 1. The molecule has 1 aliphatic carbocycles. The second-order valence-electron chi connectivity index (χ2n) is 8.36. The average Bonchev–Trinajstić information content (AvgIpc) is 3.19. The molecule has 0 spiro atoms. The van der Waals surface area contributed by atoms with E-state index in [9.17, 15) is 14.4 Å². The van der Waals surface area contributed by atoms with Crippen molar-refractivity contribution in [1.29, 1.82) is 0 Å². The summed E-state index contributed by atoms with van der Waals surface area (Å²) in [4.78, 5) is 16.9. The first kappa shape index (κ1) is 21.5. The van der Waals surface area contributed by atoms with Crippen LogP contribution in [-0.4, -0.2) is 51.2 Å². The lowest BCUT2D eigenvalue weighted by molar-refractivity contribution is -0.115. The van der Waals surface area contributed by atoms with Crippen molar-refractivity contribution in [2.24, 2.45) is 0 Å². The number of nitrogens with one attached hydrogen (secondary N) is 3. The first-order chi connectivity index (χ1) is 16.1. The van der Waals surface area contributed by atoms with E-state index in [1.165, 1.54) is 18.0 Å². The Balaban J connectivity index is 1.67. The van der Waals surface area contributed by atoms with Crippen LogP contribution in [0.1, 0.15) is 35.2 Å². The fourth-order valence-corrected chi connectivity index (χ4v) is 5.00. The minimum Gasteiger partial charge on any atom is -0.394 e. The SMILES string of the molecule is CNCc1ccc(C2CC3=C4C(=CNC(=O)C=C4N(F)NC3)C2c2ncnn2CCO)cc1. The van der Waals surface area contributed by atoms with Gasteiger partial charge in [-0.1, -0.05) is 28.7 Å². The van der Waals surface area contributed by atoms with Gasteiger partial charge < -0.3 is 15.7 Å². The zero-order valence-corrected chi connectivity index (χ0v) is 18.3. The number of allylic oxidation sites excluding steroid dienone is 1. The molecule has 5 rings (SSSR count). The van der Waals surface area contributed by atoms with Crippen LogP contribution in [0.25, 0.3) is 0 Å². The molecular weight excluding hydrogens is 425 g/mol. The molecule has 1 aromatic carbocycles. The normalized spacial score (nSPS) is 22.4. The van der Waals surface area contributed by atoms with E-state index in [0.29, 0.717) is 30.6 Å². The van der Waals surface area contributed by atoms with Crippen LogP contribution in [0.2, 0.25) is 0 Å². The van der Waals surface area contributed by atoms with E-state index in [1.54, 1.807) is 10.9 Å². The largest absolute Gasteiger partial charge is 0.394 e. The molecule has 0 saturated heterocycles. The van der Waals surface area contributed by atoms with Crippen molar-refractivity contribution in [3.8, 4) is 0 Å². The smallest absolute Gasteiger partial charge is 0.250 e. The maximum atomic E-state index is 14.7. The molecule has 2 aromatic rings. The van der Waals surface area contributed by atoms with Gasteiger partial charge in [-0.3, -0.25) is 4.79 Å². The molecule has 172 valence electrons. The number of hydrazine groups is 1. The molecule has 4 N–H and O–H groups in total. The number of aliphatic hydroxyl groups excluding tert-OH is 1. The first-order valence-corrected chi connectivity index (χ1v) is 11.0. The van der Waals surface area contributed by atoms with E-state index in [0.717, 1.165) is 28.8 Å². The van der Waals surface area contributed by atoms with Crippen molar-refractivity contribution >= 4 is 5.91 Å². The van der Waals surface area contributed by atoms with Crippen LogP contribution < -0.4 is 16.1 Å². The van der Waals surface area contributed by atoms with Gasteiger partial charge in [-0.2, -0.15) is 5.10 Å². The van der Waals surface area contributed by atoms with E-state index in [4.69, 9.17) is 0 Å². The summed E-state index contributed by atoms with van der Waals surface area (Å²) in [5.74, 6) is -0.0232. The highest BCUT2D eigenvalue weighted by Crippen LogP contribution is 2.52. The van der Waals surface area contributed by atoms with Crippen LogP contribution in [0.5, 0.6) is 0 Å². The quantitative estimate of drug-likeness (QED) is 0.488. The lowest BCUT2D eigenvalue weighted by atomic mass is 9.68. The highest BCUT2D eigenvalue weighted by molar-refractivity contribution is 5.91. The predicted molar refractivity (Wildman–Crippen MR) is 119 cm³/mol. The number of benzene rings is 1. The Labute approximate surface area is 190 Å². The summed E-state index contributed by atoms with van der Waals surface area (Å²) < 4.78 is 16.4. The molecule has 1 aromatic heterocycles. The molecule has 1 amide bonds. The Morgan fingerprint density at radius 1 is 1.30 bits per heavy atom. The highest BCUT2D eigenvalue weighted by Gasteiger charge is 2.43. The molecule has 2 atom stereocenters. The minimum atomic E-state index is -0.395. The van der Waals surface area contributed by atoms with E-state index in [2.05, 4.69) is 50.4 Å². The fraction of sp³-hybridized carbons (Fsp3) is 0.348. The number of carbonyl (C=O) groups is 1. The third-order valence-corrected chi connectivity index (χ3v) is 6.41. The lowest BCUT2D eigenvalue weighted by Crippen LogP contribution is -2.41. The highest BCUT2D eigenvalue weighted by atomic mass is 19.2. The number of rotatable bonds is 6. The Bertz CT molecular complexity index is 1150. The van der Waals surface area contributed by atoms with Gasteiger partial charge in [0.05, 0.1) is 19.1 Å². The predicted octanol–water partition coefficient (Wildman–Crippen LogP) is 1.16. The number of amides is 1. The summed E-state index contributed by atoms with van der Waals surface area (Å²) in [6.45, 7) is 1.34. The van der Waals surface area contributed by atoms with Crippen LogP contribution >= 0.6 is 0 Å². The number of carbonyl (C=O) groups excluding carboxylic acids is 1. The maximum absolute atomic E-state index is 14.7. The number of hydrogen-bond acceptors (Lipinski definition) is 7. The second kappa shape index (κ2) is 8.89. The fourth-order valence-electron chi connectivity index (χ4n) is 5.00. The second-order valence-corrected chi connectivity index (χ2v) is 8.36. The number of halogens is 1. The molecule has 3 heterocycles.